The van der Waals surface area contributed by atoms with Gasteiger partial charge < -0.3 is 5.32 Å². The number of amides is 1. The summed E-state index contributed by atoms with van der Waals surface area (Å²) in [6, 6.07) is 0. The van der Waals surface area contributed by atoms with E-state index in [4.69, 9.17) is 0 Å². The van der Waals surface area contributed by atoms with E-state index >= 15 is 0 Å². The normalized spacial score (nSPS) is 12.5. The second-order valence-corrected chi connectivity index (χ2v) is 9.42. The van der Waals surface area contributed by atoms with Crippen LogP contribution in [0.15, 0.2) is 0 Å². The Balaban J connectivity index is 2.45. The van der Waals surface area contributed by atoms with E-state index in [-0.39, 0.29) is 18.2 Å². The topological polar surface area (TPSA) is 81.1 Å². The minimum absolute atomic E-state index is 0.0345. The fraction of sp³-hybridized carbons (Fsp3) is 0.733. The highest BCUT2D eigenvalue weighted by Crippen LogP contribution is 2.15. The van der Waals surface area contributed by atoms with Gasteiger partial charge in [0.2, 0.25) is 5.91 Å². The van der Waals surface area contributed by atoms with E-state index in [0.29, 0.717) is 12.8 Å². The van der Waals surface area contributed by atoms with E-state index < -0.39 is 14.6 Å². The van der Waals surface area contributed by atoms with E-state index in [1.54, 1.807) is 25.5 Å². The van der Waals surface area contributed by atoms with Crippen molar-refractivity contribution >= 4 is 15.7 Å². The number of rotatable bonds is 6. The molecule has 22 heavy (non-hydrogen) atoms. The molecule has 0 aliphatic heterocycles. The molecular formula is C15H27N3O3S. The molecule has 0 bridgehead atoms. The maximum Gasteiger partial charge on any atom is 0.220 e. The molecule has 0 aliphatic carbocycles. The number of nitrogens with one attached hydrogen (secondary N) is 1. The number of aromatic nitrogens is 2. The smallest absolute Gasteiger partial charge is 0.220 e. The van der Waals surface area contributed by atoms with Crippen molar-refractivity contribution in [2.75, 3.05) is 12.3 Å². The van der Waals surface area contributed by atoms with Gasteiger partial charge in [-0.1, -0.05) is 0 Å². The molecule has 0 fully saturated rings. The number of sulfone groups is 1. The highest BCUT2D eigenvalue weighted by atomic mass is 32.2. The minimum Gasteiger partial charge on any atom is -0.355 e. The third-order valence-corrected chi connectivity index (χ3v) is 6.49. The molecule has 6 nitrogen and oxygen atoms in total. The van der Waals surface area contributed by atoms with E-state index in [1.165, 1.54) is 0 Å². The van der Waals surface area contributed by atoms with E-state index in [9.17, 15) is 13.2 Å². The molecule has 126 valence electrons. The molecule has 7 heteroatoms. The Morgan fingerprint density at radius 2 is 1.86 bits per heavy atom. The fourth-order valence-electron chi connectivity index (χ4n) is 2.14. The Morgan fingerprint density at radius 1 is 1.27 bits per heavy atom. The summed E-state index contributed by atoms with van der Waals surface area (Å²) in [7, 11) is -1.32. The standard InChI is InChI=1S/C15H27N3O3S/c1-11-13(12(2)18(6)17-11)7-8-14(19)16-9-10-22(20,21)15(3,4)5/h7-10H2,1-6H3,(H,16,19). The molecule has 0 spiro atoms. The molecule has 1 heterocycles. The first-order valence-corrected chi connectivity index (χ1v) is 9.09. The number of nitrogens with zero attached hydrogens (tertiary/aromatic N) is 2. The molecule has 0 radical (unpaired) electrons. The number of hydrogen-bond acceptors (Lipinski definition) is 4. The Bertz CT molecular complexity index is 640. The molecule has 0 saturated carbocycles. The van der Waals surface area contributed by atoms with Crippen LogP contribution in [0.1, 0.15) is 44.1 Å². The molecule has 0 unspecified atom stereocenters. The maximum absolute atomic E-state index is 11.9. The van der Waals surface area contributed by atoms with Crippen molar-refractivity contribution in [3.8, 4) is 0 Å². The van der Waals surface area contributed by atoms with E-state index in [2.05, 4.69) is 10.4 Å². The Labute approximate surface area is 133 Å². The van der Waals surface area contributed by atoms with Gasteiger partial charge in [-0.05, 0) is 46.6 Å². The van der Waals surface area contributed by atoms with E-state index in [1.807, 2.05) is 20.9 Å². The number of hydrogen-bond donors (Lipinski definition) is 1. The van der Waals surface area contributed by atoms with Gasteiger partial charge in [0, 0.05) is 25.7 Å². The van der Waals surface area contributed by atoms with Crippen LogP contribution in [0.2, 0.25) is 0 Å². The van der Waals surface area contributed by atoms with Crippen LogP contribution in [0.3, 0.4) is 0 Å². The van der Waals surface area contributed by atoms with Crippen molar-refractivity contribution in [2.24, 2.45) is 7.05 Å². The van der Waals surface area contributed by atoms with Gasteiger partial charge >= 0.3 is 0 Å². The molecule has 1 N–H and O–H groups in total. The molecule has 1 rings (SSSR count). The third-order valence-electron chi connectivity index (χ3n) is 3.89. The van der Waals surface area contributed by atoms with Crippen LogP contribution in [0.25, 0.3) is 0 Å². The summed E-state index contributed by atoms with van der Waals surface area (Å²) in [5.41, 5.74) is 3.07. The summed E-state index contributed by atoms with van der Waals surface area (Å²) in [4.78, 5) is 11.8. The average molecular weight is 329 g/mol. The van der Waals surface area contributed by atoms with Gasteiger partial charge in [-0.15, -0.1) is 0 Å². The van der Waals surface area contributed by atoms with Crippen molar-refractivity contribution in [1.29, 1.82) is 0 Å². The summed E-state index contributed by atoms with van der Waals surface area (Å²) in [6.07, 6.45) is 0.951. The van der Waals surface area contributed by atoms with Gasteiger partial charge in [-0.2, -0.15) is 5.10 Å². The summed E-state index contributed by atoms with van der Waals surface area (Å²) in [6.45, 7) is 9.05. The van der Waals surface area contributed by atoms with Gasteiger partial charge in [0.1, 0.15) is 0 Å². The van der Waals surface area contributed by atoms with Crippen molar-refractivity contribution in [2.45, 2.75) is 52.2 Å². The Hall–Kier alpha value is -1.37. The van der Waals surface area contributed by atoms with Gasteiger partial charge in [0.05, 0.1) is 16.2 Å². The van der Waals surface area contributed by atoms with Gasteiger partial charge in [-0.25, -0.2) is 8.42 Å². The first-order valence-electron chi connectivity index (χ1n) is 7.44. The van der Waals surface area contributed by atoms with Crippen molar-refractivity contribution in [3.63, 3.8) is 0 Å². The largest absolute Gasteiger partial charge is 0.355 e. The SMILES string of the molecule is Cc1nn(C)c(C)c1CCC(=O)NCCS(=O)(=O)C(C)(C)C. The zero-order valence-corrected chi connectivity index (χ0v) is 15.2. The monoisotopic (exact) mass is 329 g/mol. The summed E-state index contributed by atoms with van der Waals surface area (Å²) < 4.78 is 24.9. The van der Waals surface area contributed by atoms with Gasteiger partial charge in [0.15, 0.2) is 9.84 Å². The lowest BCUT2D eigenvalue weighted by Crippen LogP contribution is -2.36. The highest BCUT2D eigenvalue weighted by Gasteiger charge is 2.28. The van der Waals surface area contributed by atoms with Crippen LogP contribution < -0.4 is 5.32 Å². The van der Waals surface area contributed by atoms with Crippen LogP contribution in [0.4, 0.5) is 0 Å². The lowest BCUT2D eigenvalue weighted by atomic mass is 10.1. The molecule has 0 saturated heterocycles. The molecule has 1 aromatic rings. The first-order chi connectivity index (χ1) is 9.95. The minimum atomic E-state index is -3.20. The molecule has 0 aromatic carbocycles. The van der Waals surface area contributed by atoms with Crippen molar-refractivity contribution in [3.05, 3.63) is 17.0 Å². The van der Waals surface area contributed by atoms with Crippen molar-refractivity contribution in [1.82, 2.24) is 15.1 Å². The Morgan fingerprint density at radius 3 is 2.32 bits per heavy atom. The van der Waals surface area contributed by atoms with Crippen LogP contribution in [0, 0.1) is 13.8 Å². The molecule has 1 aromatic heterocycles. The van der Waals surface area contributed by atoms with Gasteiger partial charge in [-0.3, -0.25) is 9.48 Å². The molecular weight excluding hydrogens is 302 g/mol. The summed E-state index contributed by atoms with van der Waals surface area (Å²) in [5, 5.41) is 7.00. The first kappa shape index (κ1) is 18.7. The van der Waals surface area contributed by atoms with Gasteiger partial charge in [0.25, 0.3) is 0 Å². The quantitative estimate of drug-likeness (QED) is 0.853. The molecule has 0 aliphatic rings. The predicted octanol–water partition coefficient (Wildman–Crippen LogP) is 1.30. The summed E-state index contributed by atoms with van der Waals surface area (Å²) in [5.74, 6) is -0.167. The van der Waals surface area contributed by atoms with Crippen LogP contribution >= 0.6 is 0 Å². The molecule has 1 amide bonds. The van der Waals surface area contributed by atoms with Crippen LogP contribution in [-0.2, 0) is 28.1 Å². The molecule has 0 atom stereocenters. The Kier molecular flexibility index (Phi) is 5.78. The number of carbonyl (C=O) groups excluding carboxylic acids is 1. The second-order valence-electron chi connectivity index (χ2n) is 6.55. The second kappa shape index (κ2) is 6.81. The maximum atomic E-state index is 11.9. The van der Waals surface area contributed by atoms with Crippen molar-refractivity contribution < 1.29 is 13.2 Å². The predicted molar refractivity (Wildman–Crippen MR) is 87.6 cm³/mol. The highest BCUT2D eigenvalue weighted by molar-refractivity contribution is 7.92. The number of carbonyl (C=O) groups is 1. The zero-order valence-electron chi connectivity index (χ0n) is 14.4. The average Bonchev–Trinajstić information content (AvgIpc) is 2.59. The van der Waals surface area contributed by atoms with Crippen LogP contribution in [0.5, 0.6) is 0 Å². The lowest BCUT2D eigenvalue weighted by Gasteiger charge is -2.19. The number of aryl methyl sites for hydroxylation is 2. The van der Waals surface area contributed by atoms with Crippen LogP contribution in [-0.4, -0.2) is 41.2 Å². The zero-order chi connectivity index (χ0) is 17.1. The lowest BCUT2D eigenvalue weighted by molar-refractivity contribution is -0.120. The fourth-order valence-corrected chi connectivity index (χ4v) is 3.12. The third kappa shape index (κ3) is 4.56. The summed E-state index contributed by atoms with van der Waals surface area (Å²) >= 11 is 0. The van der Waals surface area contributed by atoms with E-state index in [0.717, 1.165) is 17.0 Å².